The summed E-state index contributed by atoms with van der Waals surface area (Å²) in [7, 11) is 0. The van der Waals surface area contributed by atoms with Gasteiger partial charge in [0.2, 0.25) is 0 Å². The van der Waals surface area contributed by atoms with Crippen LogP contribution in [0.5, 0.6) is 0 Å². The summed E-state index contributed by atoms with van der Waals surface area (Å²) in [5, 5.41) is 0.202. The molecule has 1 aromatic heterocycles. The van der Waals surface area contributed by atoms with Gasteiger partial charge < -0.3 is 15.4 Å². The lowest BCUT2D eigenvalue weighted by Gasteiger charge is -2.27. The number of hydrogen-bond donors (Lipinski definition) is 2. The van der Waals surface area contributed by atoms with Crippen LogP contribution in [-0.2, 0) is 11.3 Å². The maximum atomic E-state index is 15.0. The first kappa shape index (κ1) is 15.1. The molecule has 132 valence electrons. The number of nitrogens with one attached hydrogen (secondary N) is 1. The van der Waals surface area contributed by atoms with Gasteiger partial charge in [-0.25, -0.2) is 9.18 Å². The van der Waals surface area contributed by atoms with E-state index in [1.54, 1.807) is 4.57 Å². The monoisotopic (exact) mass is 346 g/mol. The summed E-state index contributed by atoms with van der Waals surface area (Å²) in [5.74, 6) is -0.460. The van der Waals surface area contributed by atoms with Crippen molar-refractivity contribution in [3.8, 4) is 0 Å². The van der Waals surface area contributed by atoms with Crippen LogP contribution in [0.25, 0.3) is 10.9 Å². The highest BCUT2D eigenvalue weighted by Gasteiger charge is 2.38. The minimum Gasteiger partial charge on any atom is -0.374 e. The molecule has 2 atom stereocenters. The zero-order valence-corrected chi connectivity index (χ0v) is 13.6. The summed E-state index contributed by atoms with van der Waals surface area (Å²) in [5.41, 5.74) is 6.69. The fourth-order valence-corrected chi connectivity index (χ4v) is 4.24. The molecule has 0 amide bonds. The van der Waals surface area contributed by atoms with Crippen molar-refractivity contribution in [2.75, 3.05) is 18.1 Å². The minimum atomic E-state index is -0.558. The van der Waals surface area contributed by atoms with Crippen LogP contribution in [0.4, 0.5) is 10.1 Å². The molecule has 3 N–H and O–H groups in total. The SMILES string of the molecule is NC1CCN2c3c(F)cc4c(=O)[nH]c(=O)n(C5CC5)c4c3COCC12. The molecular weight excluding hydrogens is 327 g/mol. The molecule has 2 aliphatic heterocycles. The van der Waals surface area contributed by atoms with E-state index in [0.29, 0.717) is 29.9 Å². The lowest BCUT2D eigenvalue weighted by Crippen LogP contribution is -2.42. The van der Waals surface area contributed by atoms with Crippen molar-refractivity contribution in [3.05, 3.63) is 38.3 Å². The maximum absolute atomic E-state index is 15.0. The predicted molar refractivity (Wildman–Crippen MR) is 90.4 cm³/mol. The fourth-order valence-electron chi connectivity index (χ4n) is 4.24. The van der Waals surface area contributed by atoms with Gasteiger partial charge in [-0.15, -0.1) is 0 Å². The zero-order valence-electron chi connectivity index (χ0n) is 13.6. The molecule has 0 spiro atoms. The van der Waals surface area contributed by atoms with Crippen molar-refractivity contribution in [3.63, 3.8) is 0 Å². The van der Waals surface area contributed by atoms with E-state index in [4.69, 9.17) is 10.5 Å². The fraction of sp³-hybridized carbons (Fsp3) is 0.529. The summed E-state index contributed by atoms with van der Waals surface area (Å²) in [6.45, 7) is 1.22. The number of nitrogens with two attached hydrogens (primary N) is 1. The van der Waals surface area contributed by atoms with Gasteiger partial charge in [0, 0.05) is 24.2 Å². The summed E-state index contributed by atoms with van der Waals surface area (Å²) >= 11 is 0. The standard InChI is InChI=1S/C17H19FN4O3/c18-11-5-9-14(22(8-1-2-8)17(24)20-16(9)23)10-6-25-7-13-12(19)3-4-21(13)15(10)11/h5,8,12-13H,1-4,6-7,19H2,(H,20,23,24). The minimum absolute atomic E-state index is 0.0568. The van der Waals surface area contributed by atoms with Crippen molar-refractivity contribution < 1.29 is 9.13 Å². The van der Waals surface area contributed by atoms with Gasteiger partial charge in [0.25, 0.3) is 5.56 Å². The van der Waals surface area contributed by atoms with E-state index in [9.17, 15) is 14.0 Å². The van der Waals surface area contributed by atoms with E-state index in [0.717, 1.165) is 19.3 Å². The summed E-state index contributed by atoms with van der Waals surface area (Å²) in [4.78, 5) is 29.0. The molecule has 7 nitrogen and oxygen atoms in total. The Labute approximate surface area is 142 Å². The molecule has 3 aliphatic rings. The number of anilines is 1. The van der Waals surface area contributed by atoms with Gasteiger partial charge in [0.1, 0.15) is 5.82 Å². The number of nitrogens with zero attached hydrogens (tertiary/aromatic N) is 2. The highest BCUT2D eigenvalue weighted by Crippen LogP contribution is 2.41. The Hall–Kier alpha value is -2.19. The molecule has 1 aliphatic carbocycles. The topological polar surface area (TPSA) is 93.4 Å². The van der Waals surface area contributed by atoms with Crippen LogP contribution in [0.2, 0.25) is 0 Å². The number of benzene rings is 1. The number of rotatable bonds is 1. The van der Waals surface area contributed by atoms with Gasteiger partial charge in [-0.3, -0.25) is 14.3 Å². The summed E-state index contributed by atoms with van der Waals surface area (Å²) < 4.78 is 22.4. The van der Waals surface area contributed by atoms with E-state index in [2.05, 4.69) is 4.98 Å². The molecule has 0 bridgehead atoms. The summed E-state index contributed by atoms with van der Waals surface area (Å²) in [6.07, 6.45) is 2.52. The largest absolute Gasteiger partial charge is 0.374 e. The van der Waals surface area contributed by atoms with Gasteiger partial charge in [-0.05, 0) is 25.3 Å². The second-order valence-electron chi connectivity index (χ2n) is 7.17. The van der Waals surface area contributed by atoms with Crippen molar-refractivity contribution in [2.24, 2.45) is 5.73 Å². The van der Waals surface area contributed by atoms with Crippen LogP contribution in [0.1, 0.15) is 30.9 Å². The Morgan fingerprint density at radius 2 is 2.08 bits per heavy atom. The molecule has 2 fully saturated rings. The smallest absolute Gasteiger partial charge is 0.329 e. The first-order valence-electron chi connectivity index (χ1n) is 8.66. The lowest BCUT2D eigenvalue weighted by molar-refractivity contribution is 0.112. The quantitative estimate of drug-likeness (QED) is 0.789. The van der Waals surface area contributed by atoms with Gasteiger partial charge >= 0.3 is 5.69 Å². The number of H-pyrrole nitrogens is 1. The molecule has 8 heteroatoms. The van der Waals surface area contributed by atoms with Crippen molar-refractivity contribution in [1.29, 1.82) is 0 Å². The zero-order chi connectivity index (χ0) is 17.3. The molecule has 25 heavy (non-hydrogen) atoms. The Morgan fingerprint density at radius 1 is 1.28 bits per heavy atom. The van der Waals surface area contributed by atoms with Crippen LogP contribution < -0.4 is 21.9 Å². The van der Waals surface area contributed by atoms with E-state index < -0.39 is 17.1 Å². The Kier molecular flexibility index (Phi) is 3.11. The van der Waals surface area contributed by atoms with E-state index in [1.165, 1.54) is 6.07 Å². The number of fused-ring (bicyclic) bond motifs is 5. The molecule has 3 heterocycles. The van der Waals surface area contributed by atoms with E-state index >= 15 is 0 Å². The molecule has 0 radical (unpaired) electrons. The average Bonchev–Trinajstić information content (AvgIpc) is 3.36. The van der Waals surface area contributed by atoms with Gasteiger partial charge in [0.15, 0.2) is 0 Å². The third-order valence-corrected chi connectivity index (χ3v) is 5.58. The molecular formula is C17H19FN4O3. The van der Waals surface area contributed by atoms with E-state index in [-0.39, 0.29) is 30.1 Å². The first-order valence-corrected chi connectivity index (χ1v) is 8.66. The highest BCUT2D eigenvalue weighted by molar-refractivity contribution is 5.87. The Bertz CT molecular complexity index is 994. The second kappa shape index (κ2) is 5.15. The Morgan fingerprint density at radius 3 is 2.84 bits per heavy atom. The van der Waals surface area contributed by atoms with E-state index in [1.807, 2.05) is 4.90 Å². The van der Waals surface area contributed by atoms with Crippen LogP contribution in [0, 0.1) is 5.82 Å². The number of halogens is 1. The normalized spacial score (nSPS) is 25.8. The average molecular weight is 346 g/mol. The third-order valence-electron chi connectivity index (χ3n) is 5.58. The molecule has 1 saturated heterocycles. The molecule has 2 aromatic rings. The van der Waals surface area contributed by atoms with Gasteiger partial charge in [0.05, 0.1) is 35.8 Å². The predicted octanol–water partition coefficient (Wildman–Crippen LogP) is 0.600. The molecule has 2 unspecified atom stereocenters. The van der Waals surface area contributed by atoms with Gasteiger partial charge in [-0.2, -0.15) is 0 Å². The van der Waals surface area contributed by atoms with Crippen LogP contribution in [0.15, 0.2) is 15.7 Å². The summed E-state index contributed by atoms with van der Waals surface area (Å²) in [6, 6.07) is 1.14. The maximum Gasteiger partial charge on any atom is 0.329 e. The number of aromatic amines is 1. The number of ether oxygens (including phenoxy) is 1. The van der Waals surface area contributed by atoms with Crippen LogP contribution in [0.3, 0.4) is 0 Å². The second-order valence-corrected chi connectivity index (χ2v) is 7.17. The first-order chi connectivity index (χ1) is 12.1. The third kappa shape index (κ3) is 2.10. The molecule has 1 saturated carbocycles. The number of hydrogen-bond acceptors (Lipinski definition) is 5. The van der Waals surface area contributed by atoms with Crippen LogP contribution >= 0.6 is 0 Å². The van der Waals surface area contributed by atoms with Crippen molar-refractivity contribution >= 4 is 16.6 Å². The highest BCUT2D eigenvalue weighted by atomic mass is 19.1. The number of aromatic nitrogens is 2. The van der Waals surface area contributed by atoms with Crippen molar-refractivity contribution in [1.82, 2.24) is 9.55 Å². The Balaban J connectivity index is 1.88. The molecule has 1 aromatic carbocycles. The van der Waals surface area contributed by atoms with Gasteiger partial charge in [-0.1, -0.05) is 0 Å². The van der Waals surface area contributed by atoms with Crippen LogP contribution in [-0.4, -0.2) is 34.8 Å². The van der Waals surface area contributed by atoms with Crippen molar-refractivity contribution in [2.45, 2.75) is 44.0 Å². The lowest BCUT2D eigenvalue weighted by atomic mass is 10.1. The molecule has 5 rings (SSSR count).